The summed E-state index contributed by atoms with van der Waals surface area (Å²) in [6, 6.07) is 40.2. The molecule has 4 aromatic rings. The van der Waals surface area contributed by atoms with Crippen LogP contribution in [-0.4, -0.2) is 59.1 Å². The molecule has 11 heteroatoms. The second kappa shape index (κ2) is 20.0. The molecule has 0 heterocycles. The Morgan fingerprint density at radius 1 is 0.585 bits per heavy atom. The molecule has 6 atom stereocenters. The molecule has 53 heavy (non-hydrogen) atoms. The Bertz CT molecular complexity index is 1720. The zero-order valence-corrected chi connectivity index (χ0v) is 33.1. The topological polar surface area (TPSA) is 116 Å². The maximum absolute atomic E-state index is 14.1. The zero-order chi connectivity index (χ0) is 36.5. The Hall–Kier alpha value is -3.13. The first-order chi connectivity index (χ1) is 25.4. The Kier molecular flexibility index (Phi) is 15.5. The van der Waals surface area contributed by atoms with Crippen molar-refractivity contribution in [2.24, 2.45) is 11.8 Å². The molecule has 4 aromatic carbocycles. The van der Waals surface area contributed by atoms with Crippen molar-refractivity contribution >= 4 is 60.9 Å². The van der Waals surface area contributed by atoms with Crippen LogP contribution < -0.4 is 21.2 Å². The van der Waals surface area contributed by atoms with Crippen molar-refractivity contribution in [3.63, 3.8) is 0 Å². The van der Waals surface area contributed by atoms with Crippen LogP contribution in [0.2, 0.25) is 0 Å². The van der Waals surface area contributed by atoms with Crippen LogP contribution in [-0.2, 0) is 33.4 Å². The van der Waals surface area contributed by atoms with Gasteiger partial charge in [0.05, 0.1) is 18.4 Å². The number of ether oxygens (including phenoxy) is 3. The molecule has 282 valence electrons. The minimum atomic E-state index is -2.07. The number of carbonyl (C=O) groups excluding carboxylic acids is 3. The molecule has 0 radical (unpaired) electrons. The third kappa shape index (κ3) is 9.95. The average Bonchev–Trinajstić information content (AvgIpc) is 3.86. The van der Waals surface area contributed by atoms with Gasteiger partial charge in [0.2, 0.25) is 12.2 Å². The van der Waals surface area contributed by atoms with E-state index in [4.69, 9.17) is 14.2 Å². The van der Waals surface area contributed by atoms with Crippen molar-refractivity contribution in [3.8, 4) is 0 Å². The third-order valence-corrected chi connectivity index (χ3v) is 15.9. The number of aliphatic carboxylic acids is 1. The van der Waals surface area contributed by atoms with Crippen LogP contribution in [0.4, 0.5) is 0 Å². The van der Waals surface area contributed by atoms with Gasteiger partial charge in [-0.25, -0.2) is 9.59 Å². The molecule has 0 spiro atoms. The normalized spacial score (nSPS) is 20.6. The van der Waals surface area contributed by atoms with Crippen LogP contribution in [0.15, 0.2) is 121 Å². The van der Waals surface area contributed by atoms with E-state index >= 15 is 0 Å². The van der Waals surface area contributed by atoms with Gasteiger partial charge in [-0.2, -0.15) is 0 Å². The maximum atomic E-state index is 14.1. The molecule has 6 unspecified atom stereocenters. The Labute approximate surface area is 343 Å². The first-order valence-electron chi connectivity index (χ1n) is 18.0. The molecule has 0 amide bonds. The van der Waals surface area contributed by atoms with E-state index in [1.807, 2.05) is 72.8 Å². The fraction of sp³-hybridized carbons (Fsp3) is 0.333. The molecule has 0 bridgehead atoms. The maximum Gasteiger partial charge on any atom is 0.352 e. The van der Waals surface area contributed by atoms with Crippen LogP contribution >= 0.6 is 15.8 Å². The van der Waals surface area contributed by atoms with E-state index in [2.05, 4.69) is 48.5 Å². The van der Waals surface area contributed by atoms with Crippen LogP contribution in [0, 0.1) is 49.1 Å². The summed E-state index contributed by atoms with van der Waals surface area (Å²) in [5.74, 6) is -5.23. The van der Waals surface area contributed by atoms with Crippen molar-refractivity contribution in [3.05, 3.63) is 121 Å². The van der Waals surface area contributed by atoms with E-state index in [-0.39, 0.29) is 55.2 Å². The predicted molar refractivity (Wildman–Crippen MR) is 204 cm³/mol. The van der Waals surface area contributed by atoms with Gasteiger partial charge in [0.25, 0.3) is 0 Å². The summed E-state index contributed by atoms with van der Waals surface area (Å²) in [6.45, 7) is 1.51. The van der Waals surface area contributed by atoms with Crippen LogP contribution in [0.1, 0.15) is 45.4 Å². The summed E-state index contributed by atoms with van der Waals surface area (Å²) < 4.78 is 16.8. The summed E-state index contributed by atoms with van der Waals surface area (Å²) in [5.41, 5.74) is -0.213. The molecule has 2 fully saturated rings. The van der Waals surface area contributed by atoms with E-state index in [1.54, 1.807) is 6.92 Å². The second-order valence-corrected chi connectivity index (χ2v) is 18.0. The first kappa shape index (κ1) is 41.0. The molecule has 1 N–H and O–H groups in total. The van der Waals surface area contributed by atoms with Crippen molar-refractivity contribution in [1.29, 1.82) is 0 Å². The number of hydrogen-bond acceptors (Lipinski definition) is 7. The zero-order valence-electron chi connectivity index (χ0n) is 29.4. The van der Waals surface area contributed by atoms with Crippen molar-refractivity contribution < 1.29 is 75.8 Å². The monoisotopic (exact) mass is 904 g/mol. The molecule has 2 aliphatic carbocycles. The molecule has 2 saturated carbocycles. The smallest absolute Gasteiger partial charge is 0.352 e. The molecule has 2 aliphatic rings. The average molecular weight is 906 g/mol. The molecule has 0 aromatic heterocycles. The third-order valence-electron chi connectivity index (χ3n) is 9.89. The number of rotatable bonds is 14. The predicted octanol–water partition coefficient (Wildman–Crippen LogP) is 6.06. The van der Waals surface area contributed by atoms with Gasteiger partial charge < -0.3 is 19.3 Å². The fourth-order valence-corrected chi connectivity index (χ4v) is 13.8. The fourth-order valence-electron chi connectivity index (χ4n) is 7.59. The van der Waals surface area contributed by atoms with E-state index in [0.29, 0.717) is 12.8 Å². The van der Waals surface area contributed by atoms with Gasteiger partial charge in [0, 0.05) is 48.6 Å². The van der Waals surface area contributed by atoms with Gasteiger partial charge in [-0.3, -0.25) is 9.59 Å². The van der Waals surface area contributed by atoms with Crippen molar-refractivity contribution in [2.75, 3.05) is 6.61 Å². The summed E-state index contributed by atoms with van der Waals surface area (Å²) >= 11 is 0. The van der Waals surface area contributed by atoms with Crippen molar-refractivity contribution in [1.82, 2.24) is 0 Å². The number of benzene rings is 4. The Balaban J connectivity index is 0.00000541. The quantitative estimate of drug-likeness (QED) is 0.0924. The van der Waals surface area contributed by atoms with E-state index in [9.17, 15) is 24.3 Å². The van der Waals surface area contributed by atoms with Gasteiger partial charge in [0.15, 0.2) is 0 Å². The largest absolute Gasteiger partial charge is 0.478 e. The number of carbonyl (C=O) groups is 4. The number of carboxylic acids is 1. The molecular weight excluding hydrogens is 862 g/mol. The van der Waals surface area contributed by atoms with Crippen LogP contribution in [0.25, 0.3) is 0 Å². The SMILES string of the molecule is CCOC(=O)C(OC(=O)C1CCCC1P(c1ccccc1)c1ccccc1)C(OC(=O)C1CCCC1P(c1ccccc1)c1ccccc1)C(=O)O.[Er]. The Morgan fingerprint density at radius 3 is 1.25 bits per heavy atom. The van der Waals surface area contributed by atoms with Crippen LogP contribution in [0.5, 0.6) is 0 Å². The second-order valence-electron chi connectivity index (χ2n) is 13.1. The van der Waals surface area contributed by atoms with E-state index in [1.165, 1.54) is 0 Å². The standard InChI is InChI=1S/C42H44O8P2.Er/c1-2-48-42(47)38(50-41(46)34-26-16-28-36(34)52(31-21-11-5-12-22-31)32-23-13-6-14-24-32)37(39(43)44)49-40(45)33-25-15-27-35(33)51(29-17-7-3-8-18-29)30-19-9-4-10-20-30;/h3-14,17-24,33-38H,2,15-16,25-28H2,1H3,(H,43,44);. The van der Waals surface area contributed by atoms with Crippen LogP contribution in [0.3, 0.4) is 0 Å². The minimum absolute atomic E-state index is 0. The van der Waals surface area contributed by atoms with Gasteiger partial charge in [-0.15, -0.1) is 0 Å². The Morgan fingerprint density at radius 2 is 0.925 bits per heavy atom. The number of carboxylic acid groups (broad SMARTS) is 1. The summed E-state index contributed by atoms with van der Waals surface area (Å²) in [7, 11) is -1.98. The summed E-state index contributed by atoms with van der Waals surface area (Å²) in [4.78, 5) is 54.4. The summed E-state index contributed by atoms with van der Waals surface area (Å²) in [5, 5.41) is 14.9. The van der Waals surface area contributed by atoms with Crippen molar-refractivity contribution in [2.45, 2.75) is 69.0 Å². The van der Waals surface area contributed by atoms with Gasteiger partial charge >= 0.3 is 23.9 Å². The molecular formula is C42H44ErO8P2. The molecule has 0 aliphatic heterocycles. The molecule has 6 rings (SSSR count). The molecule has 8 nitrogen and oxygen atoms in total. The first-order valence-corrected chi connectivity index (χ1v) is 20.8. The van der Waals surface area contributed by atoms with Gasteiger partial charge in [-0.1, -0.05) is 134 Å². The number of esters is 3. The summed E-state index contributed by atoms with van der Waals surface area (Å²) in [6.07, 6.45) is 0.0983. The van der Waals surface area contributed by atoms with Gasteiger partial charge in [0.1, 0.15) is 0 Å². The van der Waals surface area contributed by atoms with Gasteiger partial charge in [-0.05, 0) is 69.7 Å². The molecule has 0 saturated heterocycles. The number of hydrogen-bond donors (Lipinski definition) is 1. The van der Waals surface area contributed by atoms with E-state index < -0.39 is 63.8 Å². The minimum Gasteiger partial charge on any atom is -0.478 e. The van der Waals surface area contributed by atoms with E-state index in [0.717, 1.165) is 46.9 Å².